The van der Waals surface area contributed by atoms with Gasteiger partial charge in [0, 0.05) is 24.2 Å². The second-order valence-electron chi connectivity index (χ2n) is 5.54. The van der Waals surface area contributed by atoms with E-state index in [0.717, 1.165) is 31.9 Å². The van der Waals surface area contributed by atoms with E-state index < -0.39 is 11.6 Å². The number of nitrogens with zero attached hydrogens (tertiary/aromatic N) is 1. The second kappa shape index (κ2) is 5.97. The third-order valence-corrected chi connectivity index (χ3v) is 4.22. The first-order valence-corrected chi connectivity index (χ1v) is 6.82. The van der Waals surface area contributed by atoms with Crippen LogP contribution >= 0.6 is 0 Å². The van der Waals surface area contributed by atoms with Crippen molar-refractivity contribution in [3.05, 3.63) is 35.4 Å². The molecule has 1 saturated carbocycles. The molecule has 0 saturated heterocycles. The van der Waals surface area contributed by atoms with Crippen LogP contribution in [0.2, 0.25) is 0 Å². The SMILES string of the molecule is CC(c1ccc(F)cc1F)N(C)CC1CCCC1O. The molecule has 3 atom stereocenters. The van der Waals surface area contributed by atoms with Crippen LogP contribution in [0.4, 0.5) is 8.78 Å². The molecule has 1 aliphatic rings. The summed E-state index contributed by atoms with van der Waals surface area (Å²) in [6.45, 7) is 2.64. The lowest BCUT2D eigenvalue weighted by Gasteiger charge is -2.29. The minimum atomic E-state index is -0.553. The first-order chi connectivity index (χ1) is 8.99. The number of hydrogen-bond donors (Lipinski definition) is 1. The largest absolute Gasteiger partial charge is 0.393 e. The topological polar surface area (TPSA) is 23.5 Å². The van der Waals surface area contributed by atoms with Gasteiger partial charge in [0.25, 0.3) is 0 Å². The predicted octanol–water partition coefficient (Wildman–Crippen LogP) is 3.12. The van der Waals surface area contributed by atoms with Gasteiger partial charge >= 0.3 is 0 Å². The van der Waals surface area contributed by atoms with E-state index in [4.69, 9.17) is 0 Å². The minimum absolute atomic E-state index is 0.131. The van der Waals surface area contributed by atoms with E-state index in [1.165, 1.54) is 12.1 Å². The Balaban J connectivity index is 2.03. The minimum Gasteiger partial charge on any atom is -0.393 e. The molecule has 3 unspecified atom stereocenters. The average molecular weight is 269 g/mol. The van der Waals surface area contributed by atoms with Gasteiger partial charge in [-0.05, 0) is 38.8 Å². The van der Waals surface area contributed by atoms with Gasteiger partial charge in [-0.2, -0.15) is 0 Å². The molecule has 1 N–H and O–H groups in total. The van der Waals surface area contributed by atoms with E-state index in [-0.39, 0.29) is 18.1 Å². The summed E-state index contributed by atoms with van der Waals surface area (Å²) in [5, 5.41) is 9.83. The summed E-state index contributed by atoms with van der Waals surface area (Å²) in [6, 6.07) is 3.57. The molecule has 19 heavy (non-hydrogen) atoms. The molecule has 0 aliphatic heterocycles. The van der Waals surface area contributed by atoms with E-state index in [2.05, 4.69) is 0 Å². The molecular formula is C15H21F2NO. The number of hydrogen-bond acceptors (Lipinski definition) is 2. The Labute approximate surface area is 113 Å². The molecule has 4 heteroatoms. The van der Waals surface area contributed by atoms with Gasteiger partial charge in [0.05, 0.1) is 6.10 Å². The number of aliphatic hydroxyl groups excluding tert-OH is 1. The van der Waals surface area contributed by atoms with Crippen molar-refractivity contribution in [3.8, 4) is 0 Å². The molecule has 0 spiro atoms. The molecule has 2 rings (SSSR count). The Morgan fingerprint density at radius 2 is 2.11 bits per heavy atom. The van der Waals surface area contributed by atoms with E-state index in [0.29, 0.717) is 5.56 Å². The average Bonchev–Trinajstić information content (AvgIpc) is 2.74. The number of halogens is 2. The van der Waals surface area contributed by atoms with Gasteiger partial charge in [0.15, 0.2) is 0 Å². The first kappa shape index (κ1) is 14.4. The van der Waals surface area contributed by atoms with Gasteiger partial charge in [-0.1, -0.05) is 12.5 Å². The number of rotatable bonds is 4. The van der Waals surface area contributed by atoms with Crippen LogP contribution in [0.25, 0.3) is 0 Å². The van der Waals surface area contributed by atoms with Gasteiger partial charge in [-0.25, -0.2) is 8.78 Å². The van der Waals surface area contributed by atoms with Crippen LogP contribution in [0.15, 0.2) is 18.2 Å². The summed E-state index contributed by atoms with van der Waals surface area (Å²) in [6.07, 6.45) is 2.69. The maximum absolute atomic E-state index is 13.7. The Morgan fingerprint density at radius 1 is 1.37 bits per heavy atom. The normalized spacial score (nSPS) is 24.9. The Morgan fingerprint density at radius 3 is 2.68 bits per heavy atom. The van der Waals surface area contributed by atoms with Gasteiger partial charge < -0.3 is 5.11 Å². The molecule has 0 bridgehead atoms. The van der Waals surface area contributed by atoms with Gasteiger partial charge in [-0.15, -0.1) is 0 Å². The fraction of sp³-hybridized carbons (Fsp3) is 0.600. The number of benzene rings is 1. The fourth-order valence-electron chi connectivity index (χ4n) is 2.84. The molecule has 1 aliphatic carbocycles. The smallest absolute Gasteiger partial charge is 0.130 e. The molecule has 0 aromatic heterocycles. The summed E-state index contributed by atoms with van der Waals surface area (Å²) in [5.74, 6) is -0.801. The third kappa shape index (κ3) is 3.31. The maximum Gasteiger partial charge on any atom is 0.130 e. The summed E-state index contributed by atoms with van der Waals surface area (Å²) >= 11 is 0. The van der Waals surface area contributed by atoms with Gasteiger partial charge in [-0.3, -0.25) is 4.90 Å². The monoisotopic (exact) mass is 269 g/mol. The number of aliphatic hydroxyl groups is 1. The van der Waals surface area contributed by atoms with Crippen molar-refractivity contribution in [2.24, 2.45) is 5.92 Å². The molecule has 0 radical (unpaired) electrons. The van der Waals surface area contributed by atoms with E-state index in [1.54, 1.807) is 0 Å². The van der Waals surface area contributed by atoms with Crippen LogP contribution in [0.3, 0.4) is 0 Å². The lowest BCUT2D eigenvalue weighted by molar-refractivity contribution is 0.0985. The molecular weight excluding hydrogens is 248 g/mol. The molecule has 1 fully saturated rings. The molecule has 0 amide bonds. The molecule has 1 aromatic carbocycles. The zero-order chi connectivity index (χ0) is 14.0. The van der Waals surface area contributed by atoms with Crippen molar-refractivity contribution in [1.82, 2.24) is 4.90 Å². The maximum atomic E-state index is 13.7. The quantitative estimate of drug-likeness (QED) is 0.908. The molecule has 1 aromatic rings. The highest BCUT2D eigenvalue weighted by Crippen LogP contribution is 2.29. The van der Waals surface area contributed by atoms with E-state index in [9.17, 15) is 13.9 Å². The standard InChI is InChI=1S/C15H21F2NO/c1-10(13-7-6-12(16)8-14(13)17)18(2)9-11-4-3-5-15(11)19/h6-8,10-11,15,19H,3-5,9H2,1-2H3. The third-order valence-electron chi connectivity index (χ3n) is 4.22. The van der Waals surface area contributed by atoms with Crippen LogP contribution in [-0.2, 0) is 0 Å². The first-order valence-electron chi connectivity index (χ1n) is 6.82. The highest BCUT2D eigenvalue weighted by molar-refractivity contribution is 5.21. The van der Waals surface area contributed by atoms with Crippen molar-refractivity contribution < 1.29 is 13.9 Å². The Bertz CT molecular complexity index is 438. The molecule has 0 heterocycles. The fourth-order valence-corrected chi connectivity index (χ4v) is 2.84. The Kier molecular flexibility index (Phi) is 4.53. The van der Waals surface area contributed by atoms with Crippen molar-refractivity contribution in [2.45, 2.75) is 38.3 Å². The highest BCUT2D eigenvalue weighted by atomic mass is 19.1. The van der Waals surface area contributed by atoms with Crippen LogP contribution in [0, 0.1) is 17.6 Å². The highest BCUT2D eigenvalue weighted by Gasteiger charge is 2.28. The van der Waals surface area contributed by atoms with E-state index in [1.807, 2.05) is 18.9 Å². The van der Waals surface area contributed by atoms with Gasteiger partial charge in [0.1, 0.15) is 11.6 Å². The van der Waals surface area contributed by atoms with Crippen molar-refractivity contribution >= 4 is 0 Å². The van der Waals surface area contributed by atoms with Crippen LogP contribution < -0.4 is 0 Å². The second-order valence-corrected chi connectivity index (χ2v) is 5.54. The van der Waals surface area contributed by atoms with Crippen molar-refractivity contribution in [1.29, 1.82) is 0 Å². The summed E-state index contributed by atoms with van der Waals surface area (Å²) in [4.78, 5) is 2.02. The van der Waals surface area contributed by atoms with Crippen molar-refractivity contribution in [2.75, 3.05) is 13.6 Å². The summed E-state index contributed by atoms with van der Waals surface area (Å²) in [5.41, 5.74) is 0.497. The summed E-state index contributed by atoms with van der Waals surface area (Å²) in [7, 11) is 1.92. The lowest BCUT2D eigenvalue weighted by Crippen LogP contribution is -2.32. The zero-order valence-electron chi connectivity index (χ0n) is 11.4. The Hall–Kier alpha value is -1.00. The van der Waals surface area contributed by atoms with Crippen LogP contribution in [0.5, 0.6) is 0 Å². The van der Waals surface area contributed by atoms with Crippen LogP contribution in [0.1, 0.15) is 37.8 Å². The predicted molar refractivity (Wildman–Crippen MR) is 70.8 cm³/mol. The zero-order valence-corrected chi connectivity index (χ0v) is 11.4. The van der Waals surface area contributed by atoms with E-state index >= 15 is 0 Å². The van der Waals surface area contributed by atoms with Gasteiger partial charge in [0.2, 0.25) is 0 Å². The molecule has 106 valence electrons. The van der Waals surface area contributed by atoms with Crippen molar-refractivity contribution in [3.63, 3.8) is 0 Å². The summed E-state index contributed by atoms with van der Waals surface area (Å²) < 4.78 is 26.6. The molecule has 2 nitrogen and oxygen atoms in total. The van der Waals surface area contributed by atoms with Crippen LogP contribution in [-0.4, -0.2) is 29.7 Å². The lowest BCUT2D eigenvalue weighted by atomic mass is 10.0.